The van der Waals surface area contributed by atoms with E-state index in [0.717, 1.165) is 11.0 Å². The lowest BCUT2D eigenvalue weighted by Gasteiger charge is -2.24. The van der Waals surface area contributed by atoms with E-state index >= 15 is 0 Å². The third-order valence-electron chi connectivity index (χ3n) is 2.74. The van der Waals surface area contributed by atoms with Crippen LogP contribution in [0.25, 0.3) is 0 Å². The monoisotopic (exact) mass is 312 g/mol. The fourth-order valence-corrected chi connectivity index (χ4v) is 2.24. The Morgan fingerprint density at radius 1 is 1.44 bits per heavy atom. The van der Waals surface area contributed by atoms with Gasteiger partial charge < -0.3 is 4.90 Å². The smallest absolute Gasteiger partial charge is 0.126 e. The Morgan fingerprint density at radius 3 is 2.72 bits per heavy atom. The van der Waals surface area contributed by atoms with Crippen molar-refractivity contribution in [3.63, 3.8) is 0 Å². The minimum atomic E-state index is -0.370. The van der Waals surface area contributed by atoms with E-state index in [9.17, 15) is 4.39 Å². The molecule has 1 aromatic rings. The van der Waals surface area contributed by atoms with Gasteiger partial charge in [-0.25, -0.2) is 4.39 Å². The molecule has 0 atom stereocenters. The second kappa shape index (κ2) is 6.31. The minimum Gasteiger partial charge on any atom is -0.304 e. The van der Waals surface area contributed by atoms with E-state index in [-0.39, 0.29) is 11.2 Å². The van der Waals surface area contributed by atoms with Gasteiger partial charge in [-0.05, 0) is 51.1 Å². The second-order valence-electron chi connectivity index (χ2n) is 5.22. The Balaban J connectivity index is 2.55. The standard InChI is InChI=1S/C14H18BrFN2/c1-14(2,9-17)10-18(3)7-6-11-8-12(15)4-5-13(11)16/h4-5,8H,6-7,10H2,1-3H3. The van der Waals surface area contributed by atoms with Gasteiger partial charge in [0.15, 0.2) is 0 Å². The van der Waals surface area contributed by atoms with Gasteiger partial charge in [0.1, 0.15) is 5.82 Å². The molecular formula is C14H18BrFN2. The number of hydrogen-bond acceptors (Lipinski definition) is 2. The third kappa shape index (κ3) is 4.75. The molecule has 0 aliphatic heterocycles. The molecular weight excluding hydrogens is 295 g/mol. The van der Waals surface area contributed by atoms with Crippen molar-refractivity contribution in [2.75, 3.05) is 20.1 Å². The molecule has 1 aromatic carbocycles. The molecule has 2 nitrogen and oxygen atoms in total. The van der Waals surface area contributed by atoms with E-state index < -0.39 is 0 Å². The van der Waals surface area contributed by atoms with Crippen molar-refractivity contribution in [3.05, 3.63) is 34.1 Å². The minimum absolute atomic E-state index is 0.175. The van der Waals surface area contributed by atoms with Crippen molar-refractivity contribution >= 4 is 15.9 Å². The Hall–Kier alpha value is -0.920. The lowest BCUT2D eigenvalue weighted by molar-refractivity contribution is 0.257. The Labute approximate surface area is 117 Å². The summed E-state index contributed by atoms with van der Waals surface area (Å²) in [6.45, 7) is 5.23. The summed E-state index contributed by atoms with van der Waals surface area (Å²) in [6, 6.07) is 7.24. The average Bonchev–Trinajstić information content (AvgIpc) is 2.30. The number of nitriles is 1. The number of nitrogens with zero attached hydrogens (tertiary/aromatic N) is 2. The van der Waals surface area contributed by atoms with Crippen molar-refractivity contribution in [2.45, 2.75) is 20.3 Å². The van der Waals surface area contributed by atoms with Crippen LogP contribution in [0.3, 0.4) is 0 Å². The predicted molar refractivity (Wildman–Crippen MR) is 74.7 cm³/mol. The zero-order valence-corrected chi connectivity index (χ0v) is 12.6. The summed E-state index contributed by atoms with van der Waals surface area (Å²) < 4.78 is 14.4. The molecule has 0 aromatic heterocycles. The molecule has 0 aliphatic rings. The summed E-state index contributed by atoms with van der Waals surface area (Å²) in [5.41, 5.74) is 0.330. The summed E-state index contributed by atoms with van der Waals surface area (Å²) >= 11 is 3.34. The van der Waals surface area contributed by atoms with E-state index in [1.165, 1.54) is 6.07 Å². The first-order chi connectivity index (χ1) is 8.34. The molecule has 0 fully saturated rings. The Kier molecular flexibility index (Phi) is 5.30. The van der Waals surface area contributed by atoms with Crippen molar-refractivity contribution in [1.29, 1.82) is 5.26 Å². The number of benzene rings is 1. The van der Waals surface area contributed by atoms with Crippen molar-refractivity contribution in [1.82, 2.24) is 4.90 Å². The van der Waals surface area contributed by atoms with Crippen LogP contribution < -0.4 is 0 Å². The quantitative estimate of drug-likeness (QED) is 0.830. The number of likely N-dealkylation sites (N-methyl/N-ethyl adjacent to an activating group) is 1. The first kappa shape index (κ1) is 15.1. The summed E-state index contributed by atoms with van der Waals surface area (Å²) in [5.74, 6) is -0.175. The molecule has 0 amide bonds. The largest absolute Gasteiger partial charge is 0.304 e. The molecule has 0 spiro atoms. The number of halogens is 2. The fraction of sp³-hybridized carbons (Fsp3) is 0.500. The van der Waals surface area contributed by atoms with Crippen LogP contribution in [0, 0.1) is 22.6 Å². The molecule has 1 rings (SSSR count). The van der Waals surface area contributed by atoms with Gasteiger partial charge in [-0.1, -0.05) is 15.9 Å². The van der Waals surface area contributed by atoms with Crippen LogP contribution in [0.15, 0.2) is 22.7 Å². The van der Waals surface area contributed by atoms with Crippen LogP contribution >= 0.6 is 15.9 Å². The maximum Gasteiger partial charge on any atom is 0.126 e. The first-order valence-corrected chi connectivity index (χ1v) is 6.67. The van der Waals surface area contributed by atoms with Gasteiger partial charge in [0.25, 0.3) is 0 Å². The van der Waals surface area contributed by atoms with Crippen LogP contribution in [0.1, 0.15) is 19.4 Å². The van der Waals surface area contributed by atoms with E-state index in [0.29, 0.717) is 18.5 Å². The molecule has 0 aliphatic carbocycles. The highest BCUT2D eigenvalue weighted by Crippen LogP contribution is 2.18. The highest BCUT2D eigenvalue weighted by molar-refractivity contribution is 9.10. The molecule has 0 N–H and O–H groups in total. The summed E-state index contributed by atoms with van der Waals surface area (Å²) in [5, 5.41) is 8.97. The molecule has 0 unspecified atom stereocenters. The molecule has 0 saturated heterocycles. The highest BCUT2D eigenvalue weighted by Gasteiger charge is 2.19. The van der Waals surface area contributed by atoms with Gasteiger partial charge in [0.2, 0.25) is 0 Å². The Bertz CT molecular complexity index is 452. The van der Waals surface area contributed by atoms with Gasteiger partial charge in [-0.2, -0.15) is 5.26 Å². The maximum absolute atomic E-state index is 13.5. The zero-order valence-electron chi connectivity index (χ0n) is 11.0. The normalized spacial score (nSPS) is 11.6. The van der Waals surface area contributed by atoms with Crippen LogP contribution in [-0.4, -0.2) is 25.0 Å². The molecule has 98 valence electrons. The molecule has 0 saturated carbocycles. The lowest BCUT2D eigenvalue weighted by Crippen LogP contribution is -2.32. The van der Waals surface area contributed by atoms with Crippen LogP contribution in [0.5, 0.6) is 0 Å². The fourth-order valence-electron chi connectivity index (χ4n) is 1.84. The molecule has 4 heteroatoms. The molecule has 18 heavy (non-hydrogen) atoms. The van der Waals surface area contributed by atoms with E-state index in [2.05, 4.69) is 26.9 Å². The Morgan fingerprint density at radius 2 is 2.11 bits per heavy atom. The predicted octanol–water partition coefficient (Wildman–Crippen LogP) is 3.61. The van der Waals surface area contributed by atoms with Crippen LogP contribution in [0.4, 0.5) is 4.39 Å². The highest BCUT2D eigenvalue weighted by atomic mass is 79.9. The summed E-state index contributed by atoms with van der Waals surface area (Å²) in [4.78, 5) is 2.06. The SMILES string of the molecule is CN(CCc1cc(Br)ccc1F)CC(C)(C)C#N. The number of rotatable bonds is 5. The second-order valence-corrected chi connectivity index (χ2v) is 6.13. The van der Waals surface area contributed by atoms with Crippen molar-refractivity contribution in [2.24, 2.45) is 5.41 Å². The van der Waals surface area contributed by atoms with Crippen molar-refractivity contribution < 1.29 is 4.39 Å². The van der Waals surface area contributed by atoms with Gasteiger partial charge in [0.05, 0.1) is 11.5 Å². The zero-order chi connectivity index (χ0) is 13.8. The topological polar surface area (TPSA) is 27.0 Å². The summed E-state index contributed by atoms with van der Waals surface area (Å²) in [6.07, 6.45) is 0.642. The van der Waals surface area contributed by atoms with E-state index in [1.54, 1.807) is 12.1 Å². The molecule has 0 bridgehead atoms. The van der Waals surface area contributed by atoms with Gasteiger partial charge in [0, 0.05) is 17.6 Å². The average molecular weight is 313 g/mol. The molecule has 0 radical (unpaired) electrons. The first-order valence-electron chi connectivity index (χ1n) is 5.88. The van der Waals surface area contributed by atoms with E-state index in [1.807, 2.05) is 20.9 Å². The third-order valence-corrected chi connectivity index (χ3v) is 3.23. The van der Waals surface area contributed by atoms with Gasteiger partial charge >= 0.3 is 0 Å². The van der Waals surface area contributed by atoms with E-state index in [4.69, 9.17) is 5.26 Å². The van der Waals surface area contributed by atoms with Gasteiger partial charge in [-0.15, -0.1) is 0 Å². The molecule has 0 heterocycles. The van der Waals surface area contributed by atoms with Crippen LogP contribution in [-0.2, 0) is 6.42 Å². The van der Waals surface area contributed by atoms with Gasteiger partial charge in [-0.3, -0.25) is 0 Å². The lowest BCUT2D eigenvalue weighted by atomic mass is 9.95. The van der Waals surface area contributed by atoms with Crippen molar-refractivity contribution in [3.8, 4) is 6.07 Å². The number of hydrogen-bond donors (Lipinski definition) is 0. The summed E-state index contributed by atoms with van der Waals surface area (Å²) in [7, 11) is 1.95. The maximum atomic E-state index is 13.5. The van der Waals surface area contributed by atoms with Crippen LogP contribution in [0.2, 0.25) is 0 Å².